The Morgan fingerprint density at radius 1 is 1.07 bits per heavy atom. The second-order valence-corrected chi connectivity index (χ2v) is 12.5. The van der Waals surface area contributed by atoms with Crippen LogP contribution in [0.3, 0.4) is 0 Å². The molecule has 0 bridgehead atoms. The summed E-state index contributed by atoms with van der Waals surface area (Å²) >= 11 is 0. The van der Waals surface area contributed by atoms with Crippen molar-refractivity contribution in [3.05, 3.63) is 53.2 Å². The summed E-state index contributed by atoms with van der Waals surface area (Å²) in [6.07, 6.45) is 4.38. The van der Waals surface area contributed by atoms with E-state index in [2.05, 4.69) is 87.1 Å². The number of piperidine rings is 1. The molecule has 0 aliphatic carbocycles. The minimum absolute atomic E-state index is 0.00331. The van der Waals surface area contributed by atoms with Crippen molar-refractivity contribution in [1.29, 1.82) is 5.26 Å². The Morgan fingerprint density at radius 3 is 2.73 bits per heavy atom. The zero-order valence-electron chi connectivity index (χ0n) is 26.8. The van der Waals surface area contributed by atoms with Crippen molar-refractivity contribution in [2.45, 2.75) is 57.7 Å². The van der Waals surface area contributed by atoms with Crippen LogP contribution >= 0.6 is 0 Å². The quantitative estimate of drug-likeness (QED) is 0.237. The average Bonchev–Trinajstić information content (AvgIpc) is 3.47. The Hall–Kier alpha value is -4.03. The molecular formula is C35H44N8O2. The molecule has 0 radical (unpaired) electrons. The van der Waals surface area contributed by atoms with Gasteiger partial charge >= 0.3 is 6.01 Å². The summed E-state index contributed by atoms with van der Waals surface area (Å²) in [5.74, 6) is 1.01. The van der Waals surface area contributed by atoms with Gasteiger partial charge in [0.15, 0.2) is 0 Å². The molecule has 3 aliphatic rings. The van der Waals surface area contributed by atoms with Gasteiger partial charge in [-0.3, -0.25) is 0 Å². The largest absolute Gasteiger partial charge is 0.462 e. The van der Waals surface area contributed by atoms with Crippen LogP contribution in [0.15, 0.2) is 46.4 Å². The molecule has 0 saturated carbocycles. The first-order valence-electron chi connectivity index (χ1n) is 16.2. The number of aliphatic imine (C=N–C) groups is 2. The molecule has 0 spiro atoms. The molecular weight excluding hydrogens is 564 g/mol. The highest BCUT2D eigenvalue weighted by molar-refractivity contribution is 5.97. The van der Waals surface area contributed by atoms with Gasteiger partial charge in [-0.05, 0) is 63.2 Å². The highest BCUT2D eigenvalue weighted by Gasteiger charge is 2.33. The van der Waals surface area contributed by atoms with Crippen LogP contribution in [0, 0.1) is 24.2 Å². The van der Waals surface area contributed by atoms with Gasteiger partial charge in [0.1, 0.15) is 12.4 Å². The Balaban J connectivity index is 1.30. The zero-order chi connectivity index (χ0) is 31.2. The Morgan fingerprint density at radius 2 is 1.93 bits per heavy atom. The van der Waals surface area contributed by atoms with Crippen LogP contribution in [0.1, 0.15) is 42.5 Å². The standard InChI is InChI=1S/C35H44N8O2/c1-25-7-4-8-26-9-5-11-32(33(25)26)42-18-13-29-31(22-42)39-35(45-23-28-10-6-17-41(28)2)40-34(29)43-19-14-30(27(21-43)12-15-36)38-24-37-16-20-44-3/h4-5,7-9,11,27-28,30H,6,10,12-14,16-23H2,1-3H3/t27-,28-,30-/m0/s1. The summed E-state index contributed by atoms with van der Waals surface area (Å²) in [5.41, 5.74) is 4.73. The zero-order valence-corrected chi connectivity index (χ0v) is 26.8. The number of fused-ring (bicyclic) bond motifs is 2. The first kappa shape index (κ1) is 31.0. The van der Waals surface area contributed by atoms with E-state index in [0.717, 1.165) is 50.4 Å². The summed E-state index contributed by atoms with van der Waals surface area (Å²) in [5, 5.41) is 12.2. The van der Waals surface area contributed by atoms with E-state index in [4.69, 9.17) is 19.4 Å². The molecule has 0 N–H and O–H groups in total. The predicted molar refractivity (Wildman–Crippen MR) is 178 cm³/mol. The molecule has 10 nitrogen and oxygen atoms in total. The van der Waals surface area contributed by atoms with Crippen LogP contribution < -0.4 is 14.5 Å². The van der Waals surface area contributed by atoms with Crippen molar-refractivity contribution in [1.82, 2.24) is 14.9 Å². The van der Waals surface area contributed by atoms with E-state index in [1.54, 1.807) is 7.11 Å². The second kappa shape index (κ2) is 14.4. The van der Waals surface area contributed by atoms with Crippen molar-refractivity contribution >= 4 is 28.3 Å². The molecule has 10 heteroatoms. The Kier molecular flexibility index (Phi) is 9.90. The van der Waals surface area contributed by atoms with Crippen LogP contribution in [0.2, 0.25) is 0 Å². The third-order valence-electron chi connectivity index (χ3n) is 9.58. The van der Waals surface area contributed by atoms with Gasteiger partial charge in [-0.1, -0.05) is 30.3 Å². The highest BCUT2D eigenvalue weighted by atomic mass is 16.5. The number of ether oxygens (including phenoxy) is 2. The minimum Gasteiger partial charge on any atom is -0.462 e. The van der Waals surface area contributed by atoms with Gasteiger partial charge in [0.05, 0.1) is 43.5 Å². The number of nitriles is 1. The van der Waals surface area contributed by atoms with Gasteiger partial charge in [-0.2, -0.15) is 15.2 Å². The van der Waals surface area contributed by atoms with Crippen molar-refractivity contribution in [3.8, 4) is 12.1 Å². The fraction of sp³-hybridized carbons (Fsp3) is 0.543. The molecule has 2 fully saturated rings. The van der Waals surface area contributed by atoms with Gasteiger partial charge in [0.2, 0.25) is 0 Å². The first-order valence-corrected chi connectivity index (χ1v) is 16.2. The number of methoxy groups -OCH3 is 1. The van der Waals surface area contributed by atoms with Gasteiger partial charge in [0.25, 0.3) is 0 Å². The van der Waals surface area contributed by atoms with Gasteiger partial charge in [-0.15, -0.1) is 0 Å². The van der Waals surface area contributed by atoms with Gasteiger partial charge < -0.3 is 24.2 Å². The molecule has 0 unspecified atom stereocenters. The van der Waals surface area contributed by atoms with E-state index in [-0.39, 0.29) is 12.0 Å². The SMILES string of the molecule is COCCN=C=N[C@H]1CCN(c2nc(OC[C@@H]3CCCN3C)nc3c2CCN(c2cccc4cccc(C)c24)C3)C[C@@H]1CC#N. The summed E-state index contributed by atoms with van der Waals surface area (Å²) in [4.78, 5) is 26.1. The van der Waals surface area contributed by atoms with E-state index < -0.39 is 0 Å². The molecule has 45 heavy (non-hydrogen) atoms. The number of aromatic nitrogens is 2. The van der Waals surface area contributed by atoms with Crippen LogP contribution in [0.4, 0.5) is 11.5 Å². The van der Waals surface area contributed by atoms with Crippen molar-refractivity contribution in [3.63, 3.8) is 0 Å². The minimum atomic E-state index is 0.00331. The second-order valence-electron chi connectivity index (χ2n) is 12.5. The van der Waals surface area contributed by atoms with Crippen molar-refractivity contribution in [2.24, 2.45) is 15.9 Å². The molecule has 3 atom stereocenters. The summed E-state index contributed by atoms with van der Waals surface area (Å²) < 4.78 is 11.4. The third-order valence-corrected chi connectivity index (χ3v) is 9.58. The van der Waals surface area contributed by atoms with Crippen LogP contribution in [0.25, 0.3) is 10.8 Å². The van der Waals surface area contributed by atoms with E-state index in [1.807, 2.05) is 0 Å². The number of hydrogen-bond acceptors (Lipinski definition) is 10. The van der Waals surface area contributed by atoms with Crippen LogP contribution in [0.5, 0.6) is 6.01 Å². The number of nitrogens with zero attached hydrogens (tertiary/aromatic N) is 8. The van der Waals surface area contributed by atoms with E-state index >= 15 is 0 Å². The highest BCUT2D eigenvalue weighted by Crippen LogP contribution is 2.37. The predicted octanol–water partition coefficient (Wildman–Crippen LogP) is 4.90. The summed E-state index contributed by atoms with van der Waals surface area (Å²) in [7, 11) is 3.82. The van der Waals surface area contributed by atoms with Crippen molar-refractivity contribution in [2.75, 3.05) is 69.9 Å². The summed E-state index contributed by atoms with van der Waals surface area (Å²) in [6, 6.07) is 19.1. The molecule has 236 valence electrons. The van der Waals surface area contributed by atoms with E-state index in [9.17, 15) is 5.26 Å². The third kappa shape index (κ3) is 6.96. The maximum absolute atomic E-state index is 9.67. The van der Waals surface area contributed by atoms with Crippen molar-refractivity contribution < 1.29 is 9.47 Å². The summed E-state index contributed by atoms with van der Waals surface area (Å²) in [6.45, 7) is 7.99. The Bertz CT molecular complexity index is 1590. The smallest absolute Gasteiger partial charge is 0.318 e. The van der Waals surface area contributed by atoms with Crippen LogP contribution in [-0.2, 0) is 17.7 Å². The topological polar surface area (TPSA) is 102 Å². The number of anilines is 2. The lowest BCUT2D eigenvalue weighted by molar-refractivity contribution is 0.187. The molecule has 3 aliphatic heterocycles. The first-order chi connectivity index (χ1) is 22.1. The number of aryl methyl sites for hydroxylation is 1. The molecule has 2 saturated heterocycles. The molecule has 6 rings (SSSR count). The maximum Gasteiger partial charge on any atom is 0.318 e. The number of hydrogen-bond donors (Lipinski definition) is 0. The van der Waals surface area contributed by atoms with Gasteiger partial charge in [-0.25, -0.2) is 9.98 Å². The molecule has 0 amide bonds. The number of likely N-dealkylation sites (N-methyl/N-ethyl adjacent to an activating group) is 1. The van der Waals surface area contributed by atoms with Gasteiger partial charge in [0, 0.05) is 61.8 Å². The maximum atomic E-state index is 9.67. The number of rotatable bonds is 10. The molecule has 1 aromatic heterocycles. The van der Waals surface area contributed by atoms with E-state index in [1.165, 1.54) is 34.0 Å². The lowest BCUT2D eigenvalue weighted by Crippen LogP contribution is -2.44. The molecule has 2 aromatic carbocycles. The molecule has 3 aromatic rings. The number of benzene rings is 2. The number of likely N-dealkylation sites (tertiary alicyclic amines) is 1. The van der Waals surface area contributed by atoms with E-state index in [0.29, 0.717) is 51.3 Å². The monoisotopic (exact) mass is 608 g/mol. The fourth-order valence-corrected chi connectivity index (χ4v) is 7.05. The molecule has 4 heterocycles. The average molecular weight is 609 g/mol. The lowest BCUT2D eigenvalue weighted by Gasteiger charge is -2.39. The normalized spacial score (nSPS) is 21.7. The fourth-order valence-electron chi connectivity index (χ4n) is 7.05. The lowest BCUT2D eigenvalue weighted by atomic mass is 9.89. The van der Waals surface area contributed by atoms with Crippen LogP contribution in [-0.4, -0.2) is 93.1 Å². The Labute approximate surface area is 266 Å².